The van der Waals surface area contributed by atoms with E-state index in [4.69, 9.17) is 5.73 Å². The van der Waals surface area contributed by atoms with Crippen molar-refractivity contribution in [2.75, 3.05) is 5.73 Å². The van der Waals surface area contributed by atoms with E-state index in [1.807, 2.05) is 13.1 Å². The Morgan fingerprint density at radius 2 is 2.10 bits per heavy atom. The summed E-state index contributed by atoms with van der Waals surface area (Å²) in [6.45, 7) is 2.07. The molecule has 0 amide bonds. The quantitative estimate of drug-likeness (QED) is 0.743. The first-order valence-corrected chi connectivity index (χ1v) is 7.88. The molecule has 2 aromatic heterocycles. The lowest BCUT2D eigenvalue weighted by Crippen LogP contribution is -1.97. The second-order valence-corrected chi connectivity index (χ2v) is 6.48. The third kappa shape index (κ3) is 2.17. The van der Waals surface area contributed by atoms with E-state index in [0.717, 1.165) is 26.2 Å². The smallest absolute Gasteiger partial charge is 0.130 e. The van der Waals surface area contributed by atoms with Gasteiger partial charge in [0.25, 0.3) is 0 Å². The van der Waals surface area contributed by atoms with Gasteiger partial charge in [-0.3, -0.25) is 4.68 Å². The van der Waals surface area contributed by atoms with Gasteiger partial charge in [-0.05, 0) is 30.0 Å². The zero-order valence-electron chi connectivity index (χ0n) is 11.2. The Labute approximate surface area is 130 Å². The van der Waals surface area contributed by atoms with Crippen molar-refractivity contribution < 1.29 is 0 Å². The van der Waals surface area contributed by atoms with E-state index < -0.39 is 0 Å². The lowest BCUT2D eigenvalue weighted by molar-refractivity contribution is 0.782. The Hall–Kier alpha value is -1.59. The SMILES string of the molecule is Cc1ccc(-c2nn(C)c(N)c2-c2cccs2)cc1Br. The lowest BCUT2D eigenvalue weighted by atomic mass is 10.0. The average molecular weight is 348 g/mol. The molecule has 0 fully saturated rings. The van der Waals surface area contributed by atoms with E-state index in [2.05, 4.69) is 57.6 Å². The van der Waals surface area contributed by atoms with Crippen LogP contribution in [0.3, 0.4) is 0 Å². The van der Waals surface area contributed by atoms with Crippen molar-refractivity contribution in [1.29, 1.82) is 0 Å². The van der Waals surface area contributed by atoms with Crippen LogP contribution in [0, 0.1) is 6.92 Å². The van der Waals surface area contributed by atoms with Gasteiger partial charge in [0.05, 0.1) is 5.56 Å². The van der Waals surface area contributed by atoms with Crippen LogP contribution in [-0.4, -0.2) is 9.78 Å². The first-order chi connectivity index (χ1) is 9.58. The molecule has 0 radical (unpaired) electrons. The molecule has 2 heterocycles. The first-order valence-electron chi connectivity index (χ1n) is 6.21. The minimum Gasteiger partial charge on any atom is -0.383 e. The fourth-order valence-corrected chi connectivity index (χ4v) is 3.30. The van der Waals surface area contributed by atoms with Gasteiger partial charge >= 0.3 is 0 Å². The zero-order valence-corrected chi connectivity index (χ0v) is 13.6. The molecule has 0 aliphatic rings. The van der Waals surface area contributed by atoms with Crippen LogP contribution in [0.2, 0.25) is 0 Å². The molecule has 0 aliphatic heterocycles. The van der Waals surface area contributed by atoms with E-state index in [0.29, 0.717) is 5.82 Å². The standard InChI is InChI=1S/C15H14BrN3S/c1-9-5-6-10(8-11(9)16)14-13(12-4-3-7-20-12)15(17)19(2)18-14/h3-8H,17H2,1-2H3. The largest absolute Gasteiger partial charge is 0.383 e. The summed E-state index contributed by atoms with van der Waals surface area (Å²) >= 11 is 5.25. The minimum absolute atomic E-state index is 0.694. The summed E-state index contributed by atoms with van der Waals surface area (Å²) in [7, 11) is 1.87. The number of nitrogens with two attached hydrogens (primary N) is 1. The van der Waals surface area contributed by atoms with Crippen LogP contribution in [0.15, 0.2) is 40.2 Å². The summed E-state index contributed by atoms with van der Waals surface area (Å²) in [6.07, 6.45) is 0. The molecule has 0 atom stereocenters. The number of thiophene rings is 1. The fourth-order valence-electron chi connectivity index (χ4n) is 2.14. The van der Waals surface area contributed by atoms with Gasteiger partial charge < -0.3 is 5.73 Å². The van der Waals surface area contributed by atoms with E-state index in [1.165, 1.54) is 5.56 Å². The predicted molar refractivity (Wildman–Crippen MR) is 88.8 cm³/mol. The highest BCUT2D eigenvalue weighted by atomic mass is 79.9. The molecule has 102 valence electrons. The number of hydrogen-bond acceptors (Lipinski definition) is 3. The zero-order chi connectivity index (χ0) is 14.3. The molecule has 3 rings (SSSR count). The van der Waals surface area contributed by atoms with Crippen LogP contribution < -0.4 is 5.73 Å². The maximum absolute atomic E-state index is 6.20. The Morgan fingerprint density at radius 1 is 1.30 bits per heavy atom. The van der Waals surface area contributed by atoms with Crippen molar-refractivity contribution >= 4 is 33.1 Å². The molecule has 0 saturated carbocycles. The lowest BCUT2D eigenvalue weighted by Gasteiger charge is -2.04. The topological polar surface area (TPSA) is 43.8 Å². The molecular weight excluding hydrogens is 334 g/mol. The molecule has 3 nitrogen and oxygen atoms in total. The molecule has 5 heteroatoms. The number of nitrogens with zero attached hydrogens (tertiary/aromatic N) is 2. The van der Waals surface area contributed by atoms with E-state index >= 15 is 0 Å². The van der Waals surface area contributed by atoms with Gasteiger partial charge in [0.2, 0.25) is 0 Å². The van der Waals surface area contributed by atoms with Crippen molar-refractivity contribution in [1.82, 2.24) is 9.78 Å². The summed E-state index contributed by atoms with van der Waals surface area (Å²) in [5, 5.41) is 6.64. The third-order valence-electron chi connectivity index (χ3n) is 3.30. The van der Waals surface area contributed by atoms with Gasteiger partial charge in [0, 0.05) is 22.0 Å². The van der Waals surface area contributed by atoms with Gasteiger partial charge in [-0.15, -0.1) is 11.3 Å². The summed E-state index contributed by atoms with van der Waals surface area (Å²) < 4.78 is 2.81. The monoisotopic (exact) mass is 347 g/mol. The fraction of sp³-hybridized carbons (Fsp3) is 0.133. The number of nitrogen functional groups attached to an aromatic ring is 1. The Morgan fingerprint density at radius 3 is 2.75 bits per heavy atom. The number of hydrogen-bond donors (Lipinski definition) is 1. The van der Waals surface area contributed by atoms with Gasteiger partial charge in [-0.25, -0.2) is 0 Å². The third-order valence-corrected chi connectivity index (χ3v) is 5.05. The highest BCUT2D eigenvalue weighted by Crippen LogP contribution is 2.39. The summed E-state index contributed by atoms with van der Waals surface area (Å²) in [5.41, 5.74) is 10.4. The molecular formula is C15H14BrN3S. The normalized spacial score (nSPS) is 10.9. The number of benzene rings is 1. The van der Waals surface area contributed by atoms with Crippen molar-refractivity contribution in [2.24, 2.45) is 7.05 Å². The molecule has 0 saturated heterocycles. The second kappa shape index (κ2) is 5.07. The first kappa shape index (κ1) is 13.4. The maximum Gasteiger partial charge on any atom is 0.130 e. The van der Waals surface area contributed by atoms with Crippen LogP contribution in [0.5, 0.6) is 0 Å². The predicted octanol–water partition coefficient (Wildman–Crippen LogP) is 4.47. The van der Waals surface area contributed by atoms with Gasteiger partial charge in [0.15, 0.2) is 0 Å². The number of halogens is 1. The summed E-state index contributed by atoms with van der Waals surface area (Å²) in [6, 6.07) is 10.4. The van der Waals surface area contributed by atoms with Crippen molar-refractivity contribution in [3.8, 4) is 21.7 Å². The molecule has 0 unspecified atom stereocenters. The van der Waals surface area contributed by atoms with Gasteiger partial charge in [-0.2, -0.15) is 5.10 Å². The van der Waals surface area contributed by atoms with Crippen molar-refractivity contribution in [2.45, 2.75) is 6.92 Å². The Balaban J connectivity index is 2.24. The molecule has 0 spiro atoms. The second-order valence-electron chi connectivity index (χ2n) is 4.67. The van der Waals surface area contributed by atoms with E-state index in [1.54, 1.807) is 16.0 Å². The van der Waals surface area contributed by atoms with Crippen LogP contribution in [0.25, 0.3) is 21.7 Å². The Kier molecular flexibility index (Phi) is 3.40. The minimum atomic E-state index is 0.694. The van der Waals surface area contributed by atoms with Crippen LogP contribution in [-0.2, 0) is 7.05 Å². The highest BCUT2D eigenvalue weighted by molar-refractivity contribution is 9.10. The van der Waals surface area contributed by atoms with E-state index in [-0.39, 0.29) is 0 Å². The molecule has 1 aromatic carbocycles. The highest BCUT2D eigenvalue weighted by Gasteiger charge is 2.18. The van der Waals surface area contributed by atoms with Gasteiger partial charge in [-0.1, -0.05) is 34.1 Å². The number of anilines is 1. The molecule has 20 heavy (non-hydrogen) atoms. The maximum atomic E-state index is 6.20. The number of aromatic nitrogens is 2. The molecule has 3 aromatic rings. The van der Waals surface area contributed by atoms with Gasteiger partial charge in [0.1, 0.15) is 11.5 Å². The summed E-state index contributed by atoms with van der Waals surface area (Å²) in [4.78, 5) is 1.14. The Bertz CT molecular complexity index is 760. The molecule has 0 aliphatic carbocycles. The van der Waals surface area contributed by atoms with Crippen molar-refractivity contribution in [3.05, 3.63) is 45.7 Å². The number of rotatable bonds is 2. The number of aryl methyl sites for hydroxylation is 2. The van der Waals surface area contributed by atoms with Crippen LogP contribution in [0.1, 0.15) is 5.56 Å². The van der Waals surface area contributed by atoms with Crippen LogP contribution >= 0.6 is 27.3 Å². The average Bonchev–Trinajstić information content (AvgIpc) is 3.03. The van der Waals surface area contributed by atoms with Crippen LogP contribution in [0.4, 0.5) is 5.82 Å². The molecule has 2 N–H and O–H groups in total. The summed E-state index contributed by atoms with van der Waals surface area (Å²) in [5.74, 6) is 0.694. The molecule has 0 bridgehead atoms. The van der Waals surface area contributed by atoms with E-state index in [9.17, 15) is 0 Å². The van der Waals surface area contributed by atoms with Crippen molar-refractivity contribution in [3.63, 3.8) is 0 Å².